The average Bonchev–Trinajstić information content (AvgIpc) is 3.06. The highest BCUT2D eigenvalue weighted by molar-refractivity contribution is 5.97. The molecule has 7 nitrogen and oxygen atoms in total. The molecule has 0 aliphatic carbocycles. The summed E-state index contributed by atoms with van der Waals surface area (Å²) in [5.41, 5.74) is 4.83. The third-order valence-corrected chi connectivity index (χ3v) is 5.97. The number of hydrogen-bond donors (Lipinski definition) is 0. The second kappa shape index (κ2) is 9.34. The molecule has 1 aliphatic rings. The van der Waals surface area contributed by atoms with Crippen molar-refractivity contribution in [2.24, 2.45) is 0 Å². The van der Waals surface area contributed by atoms with Gasteiger partial charge in [0.1, 0.15) is 5.75 Å². The molecule has 3 aromatic rings. The molecule has 0 unspecified atom stereocenters. The van der Waals surface area contributed by atoms with Crippen LogP contribution >= 0.6 is 0 Å². The zero-order valence-electron chi connectivity index (χ0n) is 18.8. The minimum atomic E-state index is -0.0311. The van der Waals surface area contributed by atoms with Gasteiger partial charge in [0.2, 0.25) is 5.91 Å². The van der Waals surface area contributed by atoms with E-state index in [0.717, 1.165) is 40.2 Å². The lowest BCUT2D eigenvalue weighted by atomic mass is 10.1. The number of carbonyl (C=O) groups is 2. The standard InChI is InChI=1S/C25H28N4O3/c1-17-18(2)27-23-16-20(7-10-22(23)26-17)25(31)29-12-4-11-28(13-14-29)24(30)15-19-5-8-21(32-3)9-6-19/h5-10,16H,4,11-15H2,1-3H3. The monoisotopic (exact) mass is 432 g/mol. The molecule has 7 heteroatoms. The number of aromatic nitrogens is 2. The maximum Gasteiger partial charge on any atom is 0.253 e. The molecule has 166 valence electrons. The number of nitrogens with zero attached hydrogens (tertiary/aromatic N) is 4. The second-order valence-corrected chi connectivity index (χ2v) is 8.15. The summed E-state index contributed by atoms with van der Waals surface area (Å²) >= 11 is 0. The average molecular weight is 433 g/mol. The Bertz CT molecular complexity index is 1140. The summed E-state index contributed by atoms with van der Waals surface area (Å²) in [6, 6.07) is 13.0. The van der Waals surface area contributed by atoms with Gasteiger partial charge in [0.05, 0.1) is 36.0 Å². The molecule has 2 heterocycles. The van der Waals surface area contributed by atoms with E-state index in [-0.39, 0.29) is 11.8 Å². The largest absolute Gasteiger partial charge is 0.497 e. The summed E-state index contributed by atoms with van der Waals surface area (Å²) < 4.78 is 5.17. The van der Waals surface area contributed by atoms with Crippen LogP contribution in [0.5, 0.6) is 5.75 Å². The Kier molecular flexibility index (Phi) is 6.35. The van der Waals surface area contributed by atoms with Crippen LogP contribution in [-0.2, 0) is 11.2 Å². The quantitative estimate of drug-likeness (QED) is 0.633. The van der Waals surface area contributed by atoms with Crippen LogP contribution in [0, 0.1) is 13.8 Å². The topological polar surface area (TPSA) is 75.6 Å². The molecular formula is C25H28N4O3. The molecule has 1 aromatic heterocycles. The third kappa shape index (κ3) is 4.72. The normalized spacial score (nSPS) is 14.3. The number of ether oxygens (including phenoxy) is 1. The maximum atomic E-state index is 13.1. The predicted molar refractivity (Wildman–Crippen MR) is 123 cm³/mol. The van der Waals surface area contributed by atoms with Crippen molar-refractivity contribution >= 4 is 22.8 Å². The first-order chi connectivity index (χ1) is 15.4. The Labute approximate surface area is 188 Å². The predicted octanol–water partition coefficient (Wildman–Crippen LogP) is 3.17. The third-order valence-electron chi connectivity index (χ3n) is 5.97. The van der Waals surface area contributed by atoms with Gasteiger partial charge < -0.3 is 14.5 Å². The number of fused-ring (bicyclic) bond motifs is 1. The summed E-state index contributed by atoms with van der Waals surface area (Å²) in [5, 5.41) is 0. The fourth-order valence-electron chi connectivity index (χ4n) is 3.95. The van der Waals surface area contributed by atoms with Crippen molar-refractivity contribution in [3.63, 3.8) is 0 Å². The smallest absolute Gasteiger partial charge is 0.253 e. The van der Waals surface area contributed by atoms with Crippen LogP contribution < -0.4 is 4.74 Å². The van der Waals surface area contributed by atoms with Crippen molar-refractivity contribution in [3.8, 4) is 5.75 Å². The molecule has 4 rings (SSSR count). The van der Waals surface area contributed by atoms with Crippen molar-refractivity contribution in [1.82, 2.24) is 19.8 Å². The first-order valence-corrected chi connectivity index (χ1v) is 10.9. The van der Waals surface area contributed by atoms with E-state index in [4.69, 9.17) is 4.74 Å². The Balaban J connectivity index is 1.41. The SMILES string of the molecule is COc1ccc(CC(=O)N2CCCN(C(=O)c3ccc4nc(C)c(C)nc4c3)CC2)cc1. The van der Waals surface area contributed by atoms with Gasteiger partial charge in [0.15, 0.2) is 0 Å². The van der Waals surface area contributed by atoms with Gasteiger partial charge in [-0.25, -0.2) is 9.97 Å². The van der Waals surface area contributed by atoms with Gasteiger partial charge in [-0.1, -0.05) is 12.1 Å². The van der Waals surface area contributed by atoms with E-state index in [0.29, 0.717) is 38.2 Å². The molecule has 2 amide bonds. The van der Waals surface area contributed by atoms with Crippen LogP contribution in [-0.4, -0.2) is 64.9 Å². The van der Waals surface area contributed by atoms with E-state index in [9.17, 15) is 9.59 Å². The molecule has 0 saturated carbocycles. The van der Waals surface area contributed by atoms with Crippen molar-refractivity contribution in [2.45, 2.75) is 26.7 Å². The van der Waals surface area contributed by atoms with Gasteiger partial charge in [-0.15, -0.1) is 0 Å². The van der Waals surface area contributed by atoms with Crippen molar-refractivity contribution in [3.05, 3.63) is 65.0 Å². The first kappa shape index (κ1) is 21.7. The lowest BCUT2D eigenvalue weighted by Crippen LogP contribution is -2.38. The lowest BCUT2D eigenvalue weighted by Gasteiger charge is -2.22. The Morgan fingerprint density at radius 1 is 0.875 bits per heavy atom. The molecule has 1 saturated heterocycles. The highest BCUT2D eigenvalue weighted by Gasteiger charge is 2.23. The van der Waals surface area contributed by atoms with Crippen LogP contribution in [0.25, 0.3) is 11.0 Å². The van der Waals surface area contributed by atoms with Crippen LogP contribution in [0.15, 0.2) is 42.5 Å². The molecule has 2 aromatic carbocycles. The van der Waals surface area contributed by atoms with Gasteiger partial charge in [-0.2, -0.15) is 0 Å². The Morgan fingerprint density at radius 3 is 2.25 bits per heavy atom. The minimum Gasteiger partial charge on any atom is -0.497 e. The summed E-state index contributed by atoms with van der Waals surface area (Å²) in [6.07, 6.45) is 1.10. The van der Waals surface area contributed by atoms with E-state index in [1.807, 2.05) is 66.1 Å². The highest BCUT2D eigenvalue weighted by Crippen LogP contribution is 2.18. The number of hydrogen-bond acceptors (Lipinski definition) is 5. The number of amides is 2. The lowest BCUT2D eigenvalue weighted by molar-refractivity contribution is -0.130. The van der Waals surface area contributed by atoms with Crippen LogP contribution in [0.3, 0.4) is 0 Å². The van der Waals surface area contributed by atoms with Gasteiger partial charge in [0.25, 0.3) is 5.91 Å². The van der Waals surface area contributed by atoms with Crippen molar-refractivity contribution in [1.29, 1.82) is 0 Å². The number of aryl methyl sites for hydroxylation is 2. The Morgan fingerprint density at radius 2 is 1.53 bits per heavy atom. The van der Waals surface area contributed by atoms with E-state index in [2.05, 4.69) is 9.97 Å². The van der Waals surface area contributed by atoms with Gasteiger partial charge >= 0.3 is 0 Å². The Hall–Kier alpha value is -3.48. The number of methoxy groups -OCH3 is 1. The van der Waals surface area contributed by atoms with Gasteiger partial charge in [-0.05, 0) is 56.2 Å². The number of rotatable bonds is 4. The summed E-state index contributed by atoms with van der Waals surface area (Å²) in [5.74, 6) is 0.822. The van der Waals surface area contributed by atoms with Gasteiger partial charge in [0, 0.05) is 31.7 Å². The molecule has 1 aliphatic heterocycles. The molecule has 0 spiro atoms. The maximum absolute atomic E-state index is 13.1. The highest BCUT2D eigenvalue weighted by atomic mass is 16.5. The fourth-order valence-corrected chi connectivity index (χ4v) is 3.95. The van der Waals surface area contributed by atoms with Crippen molar-refractivity contribution < 1.29 is 14.3 Å². The van der Waals surface area contributed by atoms with Crippen LogP contribution in [0.2, 0.25) is 0 Å². The summed E-state index contributed by atoms with van der Waals surface area (Å²) in [4.78, 5) is 38.7. The second-order valence-electron chi connectivity index (χ2n) is 8.15. The molecular weight excluding hydrogens is 404 g/mol. The van der Waals surface area contributed by atoms with E-state index >= 15 is 0 Å². The molecule has 0 bridgehead atoms. The van der Waals surface area contributed by atoms with Gasteiger partial charge in [-0.3, -0.25) is 9.59 Å². The van der Waals surface area contributed by atoms with Crippen molar-refractivity contribution in [2.75, 3.05) is 33.3 Å². The van der Waals surface area contributed by atoms with Crippen LogP contribution in [0.4, 0.5) is 0 Å². The molecule has 0 N–H and O–H groups in total. The first-order valence-electron chi connectivity index (χ1n) is 10.9. The zero-order valence-corrected chi connectivity index (χ0v) is 18.8. The van der Waals surface area contributed by atoms with Crippen LogP contribution in [0.1, 0.15) is 33.7 Å². The molecule has 0 radical (unpaired) electrons. The molecule has 0 atom stereocenters. The summed E-state index contributed by atoms with van der Waals surface area (Å²) in [6.45, 7) is 6.18. The number of carbonyl (C=O) groups excluding carboxylic acids is 2. The number of benzene rings is 2. The minimum absolute atomic E-state index is 0.0311. The zero-order chi connectivity index (χ0) is 22.7. The van der Waals surface area contributed by atoms with E-state index in [1.165, 1.54) is 0 Å². The summed E-state index contributed by atoms with van der Waals surface area (Å²) in [7, 11) is 1.62. The molecule has 1 fully saturated rings. The fraction of sp³-hybridized carbons (Fsp3) is 0.360. The van der Waals surface area contributed by atoms with E-state index < -0.39 is 0 Å². The van der Waals surface area contributed by atoms with E-state index in [1.54, 1.807) is 7.11 Å². The molecule has 32 heavy (non-hydrogen) atoms.